The van der Waals surface area contributed by atoms with Gasteiger partial charge in [-0.2, -0.15) is 13.2 Å². The van der Waals surface area contributed by atoms with Crippen LogP contribution in [0.25, 0.3) is 32.6 Å². The van der Waals surface area contributed by atoms with Crippen molar-refractivity contribution in [2.45, 2.75) is 6.18 Å². The van der Waals surface area contributed by atoms with Gasteiger partial charge < -0.3 is 5.32 Å². The lowest BCUT2D eigenvalue weighted by atomic mass is 9.99. The van der Waals surface area contributed by atoms with E-state index in [1.807, 2.05) is 48.5 Å². The molecule has 32 heavy (non-hydrogen) atoms. The normalized spacial score (nSPS) is 11.6. The summed E-state index contributed by atoms with van der Waals surface area (Å²) in [6, 6.07) is 22.1. The minimum Gasteiger partial charge on any atom is -0.339 e. The molecule has 0 aliphatic heterocycles. The van der Waals surface area contributed by atoms with E-state index < -0.39 is 11.7 Å². The van der Waals surface area contributed by atoms with Gasteiger partial charge >= 0.3 is 6.18 Å². The summed E-state index contributed by atoms with van der Waals surface area (Å²) in [5, 5.41) is 11.9. The van der Waals surface area contributed by atoms with Gasteiger partial charge in [0.1, 0.15) is 5.69 Å². The summed E-state index contributed by atoms with van der Waals surface area (Å²) in [5.74, 6) is 0.489. The third kappa shape index (κ3) is 4.04. The van der Waals surface area contributed by atoms with Gasteiger partial charge in [0.05, 0.1) is 21.3 Å². The van der Waals surface area contributed by atoms with Crippen molar-refractivity contribution >= 4 is 33.1 Å². The van der Waals surface area contributed by atoms with E-state index in [1.165, 1.54) is 23.5 Å². The van der Waals surface area contributed by atoms with E-state index in [2.05, 4.69) is 20.5 Å². The molecule has 0 saturated carbocycles. The highest BCUT2D eigenvalue weighted by molar-refractivity contribution is 7.16. The molecule has 0 atom stereocenters. The summed E-state index contributed by atoms with van der Waals surface area (Å²) in [4.78, 5) is 4.27. The Balaban J connectivity index is 1.57. The van der Waals surface area contributed by atoms with Crippen molar-refractivity contribution in [2.24, 2.45) is 0 Å². The van der Waals surface area contributed by atoms with Crippen LogP contribution in [0.1, 0.15) is 5.56 Å². The Morgan fingerprint density at radius 2 is 1.56 bits per heavy atom. The second kappa shape index (κ2) is 8.05. The van der Waals surface area contributed by atoms with Crippen molar-refractivity contribution in [1.29, 1.82) is 0 Å². The fraction of sp³-hybridized carbons (Fsp3) is 0.0417. The van der Waals surface area contributed by atoms with Gasteiger partial charge in [-0.3, -0.25) is 0 Å². The van der Waals surface area contributed by atoms with Crippen molar-refractivity contribution < 1.29 is 13.2 Å². The van der Waals surface area contributed by atoms with Crippen LogP contribution in [-0.2, 0) is 6.18 Å². The molecule has 0 unspecified atom stereocenters. The van der Waals surface area contributed by atoms with Crippen molar-refractivity contribution in [3.05, 3.63) is 89.9 Å². The molecule has 0 amide bonds. The van der Waals surface area contributed by atoms with Crippen LogP contribution < -0.4 is 5.32 Å². The average molecular weight is 448 g/mol. The van der Waals surface area contributed by atoms with E-state index in [4.69, 9.17) is 0 Å². The molecule has 0 bridgehead atoms. The highest BCUT2D eigenvalue weighted by atomic mass is 32.1. The molecule has 4 nitrogen and oxygen atoms in total. The number of nitrogens with zero attached hydrogens (tertiary/aromatic N) is 3. The lowest BCUT2D eigenvalue weighted by molar-refractivity contribution is -0.137. The third-order valence-corrected chi connectivity index (χ3v) is 5.76. The van der Waals surface area contributed by atoms with Crippen LogP contribution in [0.3, 0.4) is 0 Å². The topological polar surface area (TPSA) is 50.7 Å². The second-order valence-electron chi connectivity index (χ2n) is 7.09. The van der Waals surface area contributed by atoms with Gasteiger partial charge in [-0.25, -0.2) is 4.98 Å². The van der Waals surface area contributed by atoms with Gasteiger partial charge in [-0.05, 0) is 42.0 Å². The van der Waals surface area contributed by atoms with Crippen molar-refractivity contribution in [3.63, 3.8) is 0 Å². The summed E-state index contributed by atoms with van der Waals surface area (Å²) in [6.07, 6.45) is -4.39. The largest absolute Gasteiger partial charge is 0.416 e. The summed E-state index contributed by atoms with van der Waals surface area (Å²) >= 11 is 1.54. The number of anilines is 2. The summed E-state index contributed by atoms with van der Waals surface area (Å²) < 4.78 is 40.1. The molecule has 2 heterocycles. The molecule has 5 aromatic rings. The molecular weight excluding hydrogens is 433 g/mol. The Morgan fingerprint density at radius 3 is 2.31 bits per heavy atom. The highest BCUT2D eigenvalue weighted by Gasteiger charge is 2.30. The smallest absolute Gasteiger partial charge is 0.339 e. The molecule has 0 aliphatic rings. The monoisotopic (exact) mass is 448 g/mol. The van der Waals surface area contributed by atoms with Gasteiger partial charge in [0.15, 0.2) is 5.82 Å². The first-order valence-corrected chi connectivity index (χ1v) is 10.6. The zero-order valence-electron chi connectivity index (χ0n) is 16.5. The van der Waals surface area contributed by atoms with Crippen LogP contribution in [-0.4, -0.2) is 15.2 Å². The average Bonchev–Trinajstić information content (AvgIpc) is 3.27. The molecular formula is C24H15F3N4S. The van der Waals surface area contributed by atoms with E-state index in [9.17, 15) is 13.2 Å². The molecule has 0 aliphatic carbocycles. The minimum absolute atomic E-state index is 0.489. The number of rotatable bonds is 4. The van der Waals surface area contributed by atoms with E-state index >= 15 is 0 Å². The lowest BCUT2D eigenvalue weighted by Crippen LogP contribution is -2.04. The molecule has 158 valence electrons. The lowest BCUT2D eigenvalue weighted by Gasteiger charge is -2.13. The Bertz CT molecular complexity index is 1380. The van der Waals surface area contributed by atoms with Crippen LogP contribution in [0.15, 0.2) is 84.4 Å². The molecule has 0 saturated heterocycles. The van der Waals surface area contributed by atoms with Gasteiger partial charge in [0.2, 0.25) is 0 Å². The Hall–Kier alpha value is -3.78. The zero-order valence-corrected chi connectivity index (χ0v) is 17.3. The van der Waals surface area contributed by atoms with Gasteiger partial charge in [0, 0.05) is 16.8 Å². The molecule has 3 aromatic carbocycles. The summed E-state index contributed by atoms with van der Waals surface area (Å²) in [6.45, 7) is 0. The second-order valence-corrected chi connectivity index (χ2v) is 7.98. The van der Waals surface area contributed by atoms with E-state index in [1.54, 1.807) is 11.6 Å². The first-order valence-electron chi connectivity index (χ1n) is 9.68. The van der Waals surface area contributed by atoms with Crippen LogP contribution >= 0.6 is 11.3 Å². The number of benzene rings is 3. The van der Waals surface area contributed by atoms with E-state index in [0.29, 0.717) is 22.6 Å². The van der Waals surface area contributed by atoms with Crippen LogP contribution in [0.5, 0.6) is 0 Å². The summed E-state index contributed by atoms with van der Waals surface area (Å²) in [7, 11) is 0. The number of halogens is 3. The SMILES string of the molecule is FC(F)(F)c1ccc(-c2cc(Nc3ccc4ncsc4c3)nnc2-c2ccccc2)cc1. The van der Waals surface area contributed by atoms with Crippen molar-refractivity contribution in [3.8, 4) is 22.4 Å². The summed E-state index contributed by atoms with van der Waals surface area (Å²) in [5.41, 5.74) is 5.54. The zero-order chi connectivity index (χ0) is 22.1. The quantitative estimate of drug-likeness (QED) is 0.316. The number of fused-ring (bicyclic) bond motifs is 1. The molecule has 5 rings (SSSR count). The fourth-order valence-electron chi connectivity index (χ4n) is 3.40. The number of hydrogen-bond donors (Lipinski definition) is 1. The molecule has 8 heteroatoms. The van der Waals surface area contributed by atoms with E-state index in [0.717, 1.165) is 33.6 Å². The minimum atomic E-state index is -4.39. The first kappa shape index (κ1) is 20.1. The van der Waals surface area contributed by atoms with Crippen LogP contribution in [0, 0.1) is 0 Å². The number of hydrogen-bond acceptors (Lipinski definition) is 5. The maximum absolute atomic E-state index is 13.0. The Morgan fingerprint density at radius 1 is 0.781 bits per heavy atom. The maximum Gasteiger partial charge on any atom is 0.416 e. The molecule has 2 aromatic heterocycles. The Labute approximate surface area is 185 Å². The number of alkyl halides is 3. The standard InChI is InChI=1S/C24H15F3N4S/c25-24(26,27)17-8-6-15(7-9-17)19-13-22(30-31-23(19)16-4-2-1-3-5-16)29-18-10-11-20-21(12-18)32-14-28-20/h1-14H,(H,29,30). The number of aromatic nitrogens is 3. The van der Waals surface area contributed by atoms with Crippen LogP contribution in [0.4, 0.5) is 24.7 Å². The number of thiazole rings is 1. The molecule has 0 fully saturated rings. The number of nitrogens with one attached hydrogen (secondary N) is 1. The van der Waals surface area contributed by atoms with Gasteiger partial charge in [0.25, 0.3) is 0 Å². The van der Waals surface area contributed by atoms with Gasteiger partial charge in [-0.1, -0.05) is 42.5 Å². The van der Waals surface area contributed by atoms with Crippen LogP contribution in [0.2, 0.25) is 0 Å². The molecule has 0 spiro atoms. The van der Waals surface area contributed by atoms with E-state index in [-0.39, 0.29) is 0 Å². The van der Waals surface area contributed by atoms with Crippen molar-refractivity contribution in [2.75, 3.05) is 5.32 Å². The molecule has 1 N–H and O–H groups in total. The molecule has 0 radical (unpaired) electrons. The predicted molar refractivity (Wildman–Crippen MR) is 121 cm³/mol. The first-order chi connectivity index (χ1) is 15.5. The predicted octanol–water partition coefficient (Wildman–Crippen LogP) is 7.18. The maximum atomic E-state index is 13.0. The fourth-order valence-corrected chi connectivity index (χ4v) is 4.12. The third-order valence-electron chi connectivity index (χ3n) is 4.97. The Kier molecular flexibility index (Phi) is 5.07. The highest BCUT2D eigenvalue weighted by Crippen LogP contribution is 2.35. The van der Waals surface area contributed by atoms with Gasteiger partial charge in [-0.15, -0.1) is 21.5 Å². The van der Waals surface area contributed by atoms with Crippen molar-refractivity contribution in [1.82, 2.24) is 15.2 Å².